The van der Waals surface area contributed by atoms with Gasteiger partial charge in [-0.3, -0.25) is 9.59 Å². The molecule has 0 bridgehead atoms. The number of imide groups is 1. The lowest BCUT2D eigenvalue weighted by atomic mass is 10.1. The van der Waals surface area contributed by atoms with Gasteiger partial charge in [0, 0.05) is 5.56 Å². The van der Waals surface area contributed by atoms with Gasteiger partial charge in [-0.2, -0.15) is 13.2 Å². The number of ether oxygens (including phenoxy) is 1. The lowest BCUT2D eigenvalue weighted by Crippen LogP contribution is -2.30. The van der Waals surface area contributed by atoms with E-state index < -0.39 is 40.6 Å². The van der Waals surface area contributed by atoms with E-state index in [2.05, 4.69) is 0 Å². The third kappa shape index (κ3) is 4.33. The van der Waals surface area contributed by atoms with Crippen LogP contribution in [-0.2, 0) is 15.8 Å². The second kappa shape index (κ2) is 8.23. The van der Waals surface area contributed by atoms with E-state index in [1.165, 1.54) is 37.3 Å². The molecule has 1 atom stereocenters. The van der Waals surface area contributed by atoms with Crippen LogP contribution in [0.3, 0.4) is 0 Å². The van der Waals surface area contributed by atoms with E-state index in [4.69, 9.17) is 9.84 Å². The van der Waals surface area contributed by atoms with Crippen molar-refractivity contribution in [3.05, 3.63) is 64.6 Å². The number of hydrogen-bond donors (Lipinski definition) is 1. The Morgan fingerprint density at radius 1 is 1.13 bits per heavy atom. The maximum atomic E-state index is 13.3. The zero-order chi connectivity index (χ0) is 22.1. The summed E-state index contributed by atoms with van der Waals surface area (Å²) in [5, 5.41) is 8.13. The smallest absolute Gasteiger partial charge is 0.418 e. The molecule has 10 heteroatoms. The molecule has 0 radical (unpaired) electrons. The number of aliphatic carboxylic acids is 1. The van der Waals surface area contributed by atoms with Crippen molar-refractivity contribution in [1.82, 2.24) is 0 Å². The molecule has 1 heterocycles. The average molecular weight is 437 g/mol. The van der Waals surface area contributed by atoms with Gasteiger partial charge >= 0.3 is 12.1 Å². The van der Waals surface area contributed by atoms with Crippen LogP contribution in [0.2, 0.25) is 0 Å². The topological polar surface area (TPSA) is 83.9 Å². The second-order valence-electron chi connectivity index (χ2n) is 6.17. The van der Waals surface area contributed by atoms with Gasteiger partial charge in [0.15, 0.2) is 6.10 Å². The minimum Gasteiger partial charge on any atom is -0.479 e. The number of alkyl halides is 3. The number of carbonyl (C=O) groups excluding carboxylic acids is 2. The first-order valence-corrected chi connectivity index (χ1v) is 9.34. The van der Waals surface area contributed by atoms with Crippen LogP contribution < -0.4 is 9.64 Å². The number of para-hydroxylation sites is 2. The highest BCUT2D eigenvalue weighted by Gasteiger charge is 2.42. The monoisotopic (exact) mass is 437 g/mol. The summed E-state index contributed by atoms with van der Waals surface area (Å²) in [4.78, 5) is 36.5. The fourth-order valence-corrected chi connectivity index (χ4v) is 3.50. The molecule has 0 spiro atoms. The van der Waals surface area contributed by atoms with E-state index >= 15 is 0 Å². The van der Waals surface area contributed by atoms with Gasteiger partial charge < -0.3 is 9.84 Å². The molecule has 2 aromatic rings. The average Bonchev–Trinajstić information content (AvgIpc) is 2.95. The Balaban J connectivity index is 1.97. The number of halogens is 3. The largest absolute Gasteiger partial charge is 0.479 e. The number of rotatable bonds is 5. The molecular formula is C20H14F3NO5S. The Bertz CT molecular complexity index is 1050. The Kier molecular flexibility index (Phi) is 5.88. The van der Waals surface area contributed by atoms with E-state index in [9.17, 15) is 27.6 Å². The summed E-state index contributed by atoms with van der Waals surface area (Å²) in [7, 11) is 0. The minimum absolute atomic E-state index is 0.115. The fraction of sp³-hybridized carbons (Fsp3) is 0.150. The van der Waals surface area contributed by atoms with Crippen LogP contribution in [0.1, 0.15) is 18.1 Å². The number of amides is 2. The highest BCUT2D eigenvalue weighted by molar-refractivity contribution is 8.19. The summed E-state index contributed by atoms with van der Waals surface area (Å²) in [6, 6.07) is 10.5. The standard InChI is InChI=1S/C20H14F3NO5S/c1-11(18(26)27)29-15-9-5-2-6-12(15)10-16-17(25)24(19(28)30-16)14-8-4-3-7-13(14)20(21,22)23/h2-11H,1H3,(H,26,27)/b16-10+. The SMILES string of the molecule is CC(Oc1ccccc1/C=C1/SC(=O)N(c2ccccc2C(F)(F)F)C1=O)C(=O)O. The molecule has 3 rings (SSSR count). The molecule has 156 valence electrons. The van der Waals surface area contributed by atoms with Gasteiger partial charge in [0.2, 0.25) is 0 Å². The van der Waals surface area contributed by atoms with Crippen molar-refractivity contribution in [2.24, 2.45) is 0 Å². The quantitative estimate of drug-likeness (QED) is 0.677. The molecular weight excluding hydrogens is 423 g/mol. The van der Waals surface area contributed by atoms with Crippen molar-refractivity contribution in [2.45, 2.75) is 19.2 Å². The van der Waals surface area contributed by atoms with Gasteiger partial charge in [0.25, 0.3) is 11.1 Å². The van der Waals surface area contributed by atoms with Crippen LogP contribution in [0.15, 0.2) is 53.4 Å². The number of carboxylic acid groups (broad SMARTS) is 1. The Hall–Kier alpha value is -3.27. The molecule has 2 amide bonds. The van der Waals surface area contributed by atoms with Crippen LogP contribution >= 0.6 is 11.8 Å². The number of anilines is 1. The van der Waals surface area contributed by atoms with Gasteiger partial charge in [0.05, 0.1) is 16.2 Å². The van der Waals surface area contributed by atoms with E-state index in [-0.39, 0.29) is 10.7 Å². The van der Waals surface area contributed by atoms with Crippen molar-refractivity contribution in [3.8, 4) is 5.75 Å². The van der Waals surface area contributed by atoms with E-state index in [0.29, 0.717) is 22.2 Å². The predicted octanol–water partition coefficient (Wildman–Crippen LogP) is 4.80. The van der Waals surface area contributed by atoms with Crippen molar-refractivity contribution < 1.29 is 37.4 Å². The van der Waals surface area contributed by atoms with E-state index in [1.54, 1.807) is 12.1 Å². The number of nitrogens with zero attached hydrogens (tertiary/aromatic N) is 1. The molecule has 1 aliphatic heterocycles. The molecule has 1 fully saturated rings. The number of benzene rings is 2. The van der Waals surface area contributed by atoms with Crippen molar-refractivity contribution in [2.75, 3.05) is 4.90 Å². The zero-order valence-corrected chi connectivity index (χ0v) is 16.2. The summed E-state index contributed by atoms with van der Waals surface area (Å²) < 4.78 is 45.3. The second-order valence-corrected chi connectivity index (χ2v) is 7.16. The normalized spacial score (nSPS) is 16.8. The Morgan fingerprint density at radius 3 is 2.43 bits per heavy atom. The number of hydrogen-bond acceptors (Lipinski definition) is 5. The van der Waals surface area contributed by atoms with Gasteiger partial charge in [-0.1, -0.05) is 30.3 Å². The third-order valence-corrected chi connectivity index (χ3v) is 4.97. The lowest BCUT2D eigenvalue weighted by molar-refractivity contribution is -0.144. The van der Waals surface area contributed by atoms with Gasteiger partial charge in [-0.25, -0.2) is 9.69 Å². The maximum Gasteiger partial charge on any atom is 0.418 e. The minimum atomic E-state index is -4.75. The summed E-state index contributed by atoms with van der Waals surface area (Å²) in [6.45, 7) is 1.32. The molecule has 1 aliphatic rings. The Morgan fingerprint density at radius 2 is 1.77 bits per heavy atom. The van der Waals surface area contributed by atoms with Crippen LogP contribution in [0, 0.1) is 0 Å². The molecule has 1 saturated heterocycles. The summed E-state index contributed by atoms with van der Waals surface area (Å²) >= 11 is 0.484. The van der Waals surface area contributed by atoms with Crippen LogP contribution in [-0.4, -0.2) is 28.3 Å². The highest BCUT2D eigenvalue weighted by Crippen LogP contribution is 2.42. The third-order valence-electron chi connectivity index (χ3n) is 4.10. The lowest BCUT2D eigenvalue weighted by Gasteiger charge is -2.18. The van der Waals surface area contributed by atoms with Crippen molar-refractivity contribution in [3.63, 3.8) is 0 Å². The maximum absolute atomic E-state index is 13.3. The molecule has 6 nitrogen and oxygen atoms in total. The Labute approximate surface area is 172 Å². The van der Waals surface area contributed by atoms with Crippen molar-refractivity contribution in [1.29, 1.82) is 0 Å². The van der Waals surface area contributed by atoms with Crippen LogP contribution in [0.5, 0.6) is 5.75 Å². The first-order chi connectivity index (χ1) is 14.1. The van der Waals surface area contributed by atoms with Gasteiger partial charge in [0.1, 0.15) is 5.75 Å². The summed E-state index contributed by atoms with van der Waals surface area (Å²) in [6.07, 6.45) is -4.64. The number of thioether (sulfide) groups is 1. The highest BCUT2D eigenvalue weighted by atomic mass is 32.2. The zero-order valence-electron chi connectivity index (χ0n) is 15.3. The van der Waals surface area contributed by atoms with Crippen LogP contribution in [0.25, 0.3) is 6.08 Å². The van der Waals surface area contributed by atoms with Crippen molar-refractivity contribution >= 4 is 40.6 Å². The fourth-order valence-electron chi connectivity index (χ4n) is 2.67. The molecule has 1 N–H and O–H groups in total. The number of carbonyl (C=O) groups is 3. The molecule has 1 unspecified atom stereocenters. The molecule has 0 aromatic heterocycles. The molecule has 0 aliphatic carbocycles. The first-order valence-electron chi connectivity index (χ1n) is 8.52. The van der Waals surface area contributed by atoms with Gasteiger partial charge in [-0.15, -0.1) is 0 Å². The molecule has 30 heavy (non-hydrogen) atoms. The number of carboxylic acids is 1. The van der Waals surface area contributed by atoms with E-state index in [0.717, 1.165) is 12.1 Å². The van der Waals surface area contributed by atoms with Gasteiger partial charge in [-0.05, 0) is 43.0 Å². The summed E-state index contributed by atoms with van der Waals surface area (Å²) in [5.41, 5.74) is -1.35. The molecule has 0 saturated carbocycles. The molecule has 2 aromatic carbocycles. The van der Waals surface area contributed by atoms with E-state index in [1.807, 2.05) is 0 Å². The van der Waals surface area contributed by atoms with Crippen LogP contribution in [0.4, 0.5) is 23.7 Å². The first kappa shape index (κ1) is 21.4. The summed E-state index contributed by atoms with van der Waals surface area (Å²) in [5.74, 6) is -1.97. The predicted molar refractivity (Wildman–Crippen MR) is 104 cm³/mol.